The Balaban J connectivity index is 2.30. The molecule has 0 aromatic rings. The molecule has 2 aliphatic heterocycles. The summed E-state index contributed by atoms with van der Waals surface area (Å²) >= 11 is 0. The van der Waals surface area contributed by atoms with Crippen LogP contribution in [0.3, 0.4) is 0 Å². The zero-order valence-corrected chi connectivity index (χ0v) is 16.0. The molecule has 0 aliphatic carbocycles. The van der Waals surface area contributed by atoms with E-state index in [1.807, 2.05) is 0 Å². The summed E-state index contributed by atoms with van der Waals surface area (Å²) in [6.07, 6.45) is 2.10. The maximum Gasteiger partial charge on any atom is 0.417 e. The number of ether oxygens (including phenoxy) is 2. The molecule has 27 heavy (non-hydrogen) atoms. The van der Waals surface area contributed by atoms with Crippen molar-refractivity contribution in [3.8, 4) is 0 Å². The van der Waals surface area contributed by atoms with Crippen molar-refractivity contribution in [1.29, 1.82) is 0 Å². The first kappa shape index (κ1) is 20.6. The molecule has 1 fully saturated rings. The number of carbonyl (C=O) groups is 4. The lowest BCUT2D eigenvalue weighted by molar-refractivity contribution is -0.474. The zero-order chi connectivity index (χ0) is 20.1. The standard InChI is InChI=1S/C17H24N4O6/c1-5-27-13(22)10-18-14(23)12-9-11-15(21(12)7-6-8-26-4)19(2)17(25)20(3)16(11)24/h9,11H,5-8,10H2,1-4H3/p+1. The number of hydrogen-bond acceptors (Lipinski definition) is 6. The second-order valence-electron chi connectivity index (χ2n) is 6.11. The SMILES string of the molecule is CCOC(=O)CNC(=O)C1=CC2C(=O)N(C)C(=O)N(C)C2=[N+]1CCCOC. The third kappa shape index (κ3) is 4.16. The number of urea groups is 1. The first-order chi connectivity index (χ1) is 12.8. The first-order valence-corrected chi connectivity index (χ1v) is 8.67. The third-order valence-electron chi connectivity index (χ3n) is 4.35. The second-order valence-corrected chi connectivity index (χ2v) is 6.11. The zero-order valence-electron chi connectivity index (χ0n) is 16.0. The third-order valence-corrected chi connectivity index (χ3v) is 4.35. The molecule has 0 saturated carbocycles. The Morgan fingerprint density at radius 3 is 2.59 bits per heavy atom. The van der Waals surface area contributed by atoms with Crippen molar-refractivity contribution in [2.75, 3.05) is 47.5 Å². The predicted octanol–water partition coefficient (Wildman–Crippen LogP) is -0.849. The number of rotatable bonds is 8. The predicted molar refractivity (Wildman–Crippen MR) is 93.8 cm³/mol. The van der Waals surface area contributed by atoms with Crippen molar-refractivity contribution in [1.82, 2.24) is 15.1 Å². The number of amides is 4. The fourth-order valence-electron chi connectivity index (χ4n) is 3.07. The lowest BCUT2D eigenvalue weighted by Gasteiger charge is -2.27. The Morgan fingerprint density at radius 1 is 1.26 bits per heavy atom. The molecule has 1 N–H and O–H groups in total. The minimum atomic E-state index is -0.733. The van der Waals surface area contributed by atoms with Gasteiger partial charge in [-0.3, -0.25) is 14.4 Å². The smallest absolute Gasteiger partial charge is 0.417 e. The summed E-state index contributed by atoms with van der Waals surface area (Å²) in [7, 11) is 4.53. The number of hydrogen-bond donors (Lipinski definition) is 1. The van der Waals surface area contributed by atoms with Crippen LogP contribution in [0.25, 0.3) is 0 Å². The van der Waals surface area contributed by atoms with Crippen LogP contribution in [0.1, 0.15) is 13.3 Å². The molecule has 4 amide bonds. The molecule has 10 nitrogen and oxygen atoms in total. The minimum Gasteiger partial charge on any atom is -0.465 e. The summed E-state index contributed by atoms with van der Waals surface area (Å²) in [4.78, 5) is 51.3. The summed E-state index contributed by atoms with van der Waals surface area (Å²) in [5.74, 6) is -1.77. The van der Waals surface area contributed by atoms with E-state index in [1.54, 1.807) is 25.7 Å². The summed E-state index contributed by atoms with van der Waals surface area (Å²) in [6, 6.07) is -0.468. The van der Waals surface area contributed by atoms with E-state index in [0.717, 1.165) is 4.90 Å². The van der Waals surface area contributed by atoms with Crippen LogP contribution in [0.4, 0.5) is 4.79 Å². The van der Waals surface area contributed by atoms with Crippen molar-refractivity contribution >= 4 is 29.7 Å². The molecule has 10 heteroatoms. The van der Waals surface area contributed by atoms with Crippen LogP contribution in [-0.4, -0.2) is 91.5 Å². The normalized spacial score (nSPS) is 19.3. The number of nitrogens with zero attached hydrogens (tertiary/aromatic N) is 3. The molecule has 2 rings (SSSR count). The highest BCUT2D eigenvalue weighted by Gasteiger charge is 2.51. The number of carbonyl (C=O) groups excluding carboxylic acids is 4. The van der Waals surface area contributed by atoms with Gasteiger partial charge in [0.2, 0.25) is 0 Å². The lowest BCUT2D eigenvalue weighted by atomic mass is 10.0. The molecule has 148 valence electrons. The molecule has 0 aromatic heterocycles. The molecule has 1 unspecified atom stereocenters. The molecule has 1 atom stereocenters. The largest absolute Gasteiger partial charge is 0.465 e. The topological polar surface area (TPSA) is 108 Å². The highest BCUT2D eigenvalue weighted by atomic mass is 16.5. The highest BCUT2D eigenvalue weighted by molar-refractivity contribution is 6.19. The average Bonchev–Trinajstić information content (AvgIpc) is 3.03. The van der Waals surface area contributed by atoms with Gasteiger partial charge in [-0.25, -0.2) is 14.3 Å². The van der Waals surface area contributed by atoms with Gasteiger partial charge < -0.3 is 14.8 Å². The van der Waals surface area contributed by atoms with Gasteiger partial charge in [-0.15, -0.1) is 0 Å². The Labute approximate surface area is 157 Å². The van der Waals surface area contributed by atoms with Gasteiger partial charge in [-0.2, -0.15) is 4.90 Å². The number of esters is 1. The number of imide groups is 1. The molecule has 0 bridgehead atoms. The summed E-state index contributed by atoms with van der Waals surface area (Å²) in [5, 5.41) is 2.50. The monoisotopic (exact) mass is 381 g/mol. The van der Waals surface area contributed by atoms with Crippen LogP contribution < -0.4 is 5.32 Å². The van der Waals surface area contributed by atoms with E-state index in [4.69, 9.17) is 9.47 Å². The molecule has 0 spiro atoms. The van der Waals surface area contributed by atoms with E-state index in [-0.39, 0.29) is 18.8 Å². The van der Waals surface area contributed by atoms with Gasteiger partial charge >= 0.3 is 12.0 Å². The maximum atomic E-state index is 12.6. The minimum absolute atomic E-state index is 0.217. The van der Waals surface area contributed by atoms with Gasteiger partial charge in [0, 0.05) is 27.2 Å². The Bertz CT molecular complexity index is 714. The van der Waals surface area contributed by atoms with Crippen LogP contribution in [0.2, 0.25) is 0 Å². The Kier molecular flexibility index (Phi) is 6.67. The Morgan fingerprint density at radius 2 is 1.96 bits per heavy atom. The van der Waals surface area contributed by atoms with Crippen molar-refractivity contribution < 1.29 is 33.2 Å². The number of methoxy groups -OCH3 is 1. The summed E-state index contributed by atoms with van der Waals surface area (Å²) in [6.45, 7) is 2.45. The van der Waals surface area contributed by atoms with Gasteiger partial charge in [-0.1, -0.05) is 0 Å². The van der Waals surface area contributed by atoms with Gasteiger partial charge in [0.25, 0.3) is 17.6 Å². The molecule has 1 saturated heterocycles. The van der Waals surface area contributed by atoms with E-state index < -0.39 is 29.7 Å². The van der Waals surface area contributed by atoms with Crippen LogP contribution in [0, 0.1) is 5.92 Å². The Hall–Kier alpha value is -2.75. The van der Waals surface area contributed by atoms with Crippen molar-refractivity contribution in [2.45, 2.75) is 13.3 Å². The number of nitrogens with one attached hydrogen (secondary N) is 1. The van der Waals surface area contributed by atoms with E-state index in [9.17, 15) is 19.2 Å². The quantitative estimate of drug-likeness (QED) is 0.333. The van der Waals surface area contributed by atoms with E-state index in [1.165, 1.54) is 18.0 Å². The molecule has 2 heterocycles. The molecule has 0 radical (unpaired) electrons. The number of amidine groups is 1. The molecule has 0 aromatic carbocycles. The average molecular weight is 381 g/mol. The second kappa shape index (κ2) is 8.76. The fourth-order valence-corrected chi connectivity index (χ4v) is 3.07. The van der Waals surface area contributed by atoms with E-state index in [2.05, 4.69) is 5.32 Å². The van der Waals surface area contributed by atoms with Gasteiger partial charge in [-0.05, 0) is 13.0 Å². The highest BCUT2D eigenvalue weighted by Crippen LogP contribution is 2.26. The fraction of sp³-hybridized carbons (Fsp3) is 0.588. The lowest BCUT2D eigenvalue weighted by Crippen LogP contribution is -2.57. The van der Waals surface area contributed by atoms with Crippen molar-refractivity contribution in [3.63, 3.8) is 0 Å². The number of fused-ring (bicyclic) bond motifs is 1. The molecular formula is C17H25N4O6+. The van der Waals surface area contributed by atoms with Crippen molar-refractivity contribution in [3.05, 3.63) is 11.8 Å². The van der Waals surface area contributed by atoms with Crippen LogP contribution in [0.15, 0.2) is 11.8 Å². The van der Waals surface area contributed by atoms with E-state index >= 15 is 0 Å². The van der Waals surface area contributed by atoms with Crippen molar-refractivity contribution in [2.24, 2.45) is 5.92 Å². The van der Waals surface area contributed by atoms with Crippen LogP contribution >= 0.6 is 0 Å². The van der Waals surface area contributed by atoms with Gasteiger partial charge in [0.1, 0.15) is 6.54 Å². The molecular weight excluding hydrogens is 356 g/mol. The van der Waals surface area contributed by atoms with E-state index in [0.29, 0.717) is 25.4 Å². The maximum absolute atomic E-state index is 12.6. The van der Waals surface area contributed by atoms with Crippen LogP contribution in [-0.2, 0) is 23.9 Å². The van der Waals surface area contributed by atoms with Gasteiger partial charge in [0.15, 0.2) is 11.6 Å². The van der Waals surface area contributed by atoms with Gasteiger partial charge in [0.05, 0.1) is 20.2 Å². The first-order valence-electron chi connectivity index (χ1n) is 8.67. The summed E-state index contributed by atoms with van der Waals surface area (Å²) in [5.41, 5.74) is 0.221. The molecule has 2 aliphatic rings. The summed E-state index contributed by atoms with van der Waals surface area (Å²) < 4.78 is 11.5. The van der Waals surface area contributed by atoms with Crippen LogP contribution in [0.5, 0.6) is 0 Å².